The van der Waals surface area contributed by atoms with Gasteiger partial charge in [0.15, 0.2) is 11.5 Å². The SMILES string of the molecule is COc1cc2c(cc1OC(=O)OC(C)(C)C)NC[C@@H]1Cc3ccccc3N1C2=O. The predicted octanol–water partition coefficient (Wildman–Crippen LogP) is 4.01. The summed E-state index contributed by atoms with van der Waals surface area (Å²) in [6, 6.07) is 11.2. The molecule has 0 unspecified atom stereocenters. The third kappa shape index (κ3) is 3.60. The Kier molecular flexibility index (Phi) is 4.61. The van der Waals surface area contributed by atoms with Gasteiger partial charge < -0.3 is 24.4 Å². The number of anilines is 2. The van der Waals surface area contributed by atoms with Crippen LogP contribution in [0.3, 0.4) is 0 Å². The number of carbonyl (C=O) groups is 2. The Bertz CT molecular complexity index is 980. The number of carbonyl (C=O) groups excluding carboxylic acids is 2. The fourth-order valence-electron chi connectivity index (χ4n) is 3.74. The molecule has 1 amide bonds. The molecule has 2 aromatic rings. The standard InChI is InChI=1S/C22H24N2O5/c1-22(2,3)29-21(26)28-19-11-16-15(10-18(19)27-4)20(25)24-14(12-23-16)9-13-7-5-6-8-17(13)24/h5-8,10-11,14,23H,9,12H2,1-4H3/t14-/m0/s1. The third-order valence-electron chi connectivity index (χ3n) is 4.94. The van der Waals surface area contributed by atoms with Crippen LogP contribution in [0.1, 0.15) is 36.7 Å². The van der Waals surface area contributed by atoms with E-state index in [1.807, 2.05) is 23.1 Å². The first-order chi connectivity index (χ1) is 13.8. The van der Waals surface area contributed by atoms with Gasteiger partial charge in [0.1, 0.15) is 5.60 Å². The number of nitrogens with zero attached hydrogens (tertiary/aromatic N) is 1. The Balaban J connectivity index is 1.68. The van der Waals surface area contributed by atoms with E-state index in [1.165, 1.54) is 7.11 Å². The highest BCUT2D eigenvalue weighted by Gasteiger charge is 2.37. The minimum absolute atomic E-state index is 0.0218. The maximum absolute atomic E-state index is 13.4. The van der Waals surface area contributed by atoms with E-state index < -0.39 is 11.8 Å². The van der Waals surface area contributed by atoms with Gasteiger partial charge in [-0.25, -0.2) is 4.79 Å². The molecule has 2 aromatic carbocycles. The van der Waals surface area contributed by atoms with Gasteiger partial charge in [-0.2, -0.15) is 0 Å². The van der Waals surface area contributed by atoms with Crippen molar-refractivity contribution in [3.05, 3.63) is 47.5 Å². The summed E-state index contributed by atoms with van der Waals surface area (Å²) in [5, 5.41) is 3.32. The summed E-state index contributed by atoms with van der Waals surface area (Å²) in [5.41, 5.74) is 2.49. The number of nitrogens with one attached hydrogen (secondary N) is 1. The van der Waals surface area contributed by atoms with Crippen molar-refractivity contribution < 1.29 is 23.8 Å². The van der Waals surface area contributed by atoms with Crippen molar-refractivity contribution in [1.29, 1.82) is 0 Å². The summed E-state index contributed by atoms with van der Waals surface area (Å²) in [7, 11) is 1.46. The zero-order chi connectivity index (χ0) is 20.8. The number of ether oxygens (including phenoxy) is 3. The van der Waals surface area contributed by atoms with Crippen molar-refractivity contribution in [1.82, 2.24) is 0 Å². The second-order valence-electron chi connectivity index (χ2n) is 8.16. The minimum atomic E-state index is -0.828. The molecular weight excluding hydrogens is 372 g/mol. The molecule has 0 bridgehead atoms. The van der Waals surface area contributed by atoms with E-state index in [-0.39, 0.29) is 23.4 Å². The van der Waals surface area contributed by atoms with Crippen molar-refractivity contribution in [2.75, 3.05) is 23.9 Å². The number of amides is 1. The molecule has 0 saturated heterocycles. The molecule has 29 heavy (non-hydrogen) atoms. The van der Waals surface area contributed by atoms with E-state index >= 15 is 0 Å². The van der Waals surface area contributed by atoms with E-state index in [0.29, 0.717) is 17.8 Å². The molecule has 0 aliphatic carbocycles. The number of benzene rings is 2. The lowest BCUT2D eigenvalue weighted by atomic mass is 10.1. The fourth-order valence-corrected chi connectivity index (χ4v) is 3.74. The summed E-state index contributed by atoms with van der Waals surface area (Å²) in [5.74, 6) is 0.376. The number of para-hydroxylation sites is 1. The molecular formula is C22H24N2O5. The van der Waals surface area contributed by atoms with Crippen molar-refractivity contribution >= 4 is 23.4 Å². The quantitative estimate of drug-likeness (QED) is 0.611. The highest BCUT2D eigenvalue weighted by Crippen LogP contribution is 2.40. The molecule has 152 valence electrons. The second-order valence-corrected chi connectivity index (χ2v) is 8.16. The van der Waals surface area contributed by atoms with Crippen LogP contribution in [-0.2, 0) is 11.2 Å². The number of hydrogen-bond acceptors (Lipinski definition) is 6. The second kappa shape index (κ2) is 6.99. The first-order valence-corrected chi connectivity index (χ1v) is 9.55. The number of methoxy groups -OCH3 is 1. The minimum Gasteiger partial charge on any atom is -0.493 e. The molecule has 0 aromatic heterocycles. The molecule has 1 atom stereocenters. The Morgan fingerprint density at radius 3 is 2.66 bits per heavy atom. The van der Waals surface area contributed by atoms with Crippen molar-refractivity contribution in [3.63, 3.8) is 0 Å². The average molecular weight is 396 g/mol. The zero-order valence-electron chi connectivity index (χ0n) is 16.9. The van der Waals surface area contributed by atoms with Crippen LogP contribution >= 0.6 is 0 Å². The van der Waals surface area contributed by atoms with Gasteiger partial charge in [-0.05, 0) is 44.9 Å². The highest BCUT2D eigenvalue weighted by atomic mass is 16.7. The van der Waals surface area contributed by atoms with Gasteiger partial charge >= 0.3 is 6.16 Å². The Morgan fingerprint density at radius 2 is 1.93 bits per heavy atom. The lowest BCUT2D eigenvalue weighted by Crippen LogP contribution is -2.39. The molecule has 0 fully saturated rings. The van der Waals surface area contributed by atoms with Crippen molar-refractivity contribution in [3.8, 4) is 11.5 Å². The Morgan fingerprint density at radius 1 is 1.17 bits per heavy atom. The van der Waals surface area contributed by atoms with E-state index in [2.05, 4.69) is 11.4 Å². The fraction of sp³-hybridized carbons (Fsp3) is 0.364. The molecule has 0 spiro atoms. The van der Waals surface area contributed by atoms with Crippen LogP contribution in [0.4, 0.5) is 16.2 Å². The van der Waals surface area contributed by atoms with E-state index in [0.717, 1.165) is 17.7 Å². The lowest BCUT2D eigenvalue weighted by molar-refractivity contribution is 0.0201. The summed E-state index contributed by atoms with van der Waals surface area (Å²) in [6.07, 6.45) is -0.0355. The van der Waals surface area contributed by atoms with Crippen LogP contribution in [0.5, 0.6) is 11.5 Å². The molecule has 2 aliphatic heterocycles. The van der Waals surface area contributed by atoms with E-state index in [9.17, 15) is 9.59 Å². The van der Waals surface area contributed by atoms with Gasteiger partial charge in [0, 0.05) is 18.3 Å². The van der Waals surface area contributed by atoms with Crippen LogP contribution in [0.15, 0.2) is 36.4 Å². The average Bonchev–Trinajstić information content (AvgIpc) is 2.96. The smallest absolute Gasteiger partial charge is 0.493 e. The first-order valence-electron chi connectivity index (χ1n) is 9.55. The van der Waals surface area contributed by atoms with Crippen LogP contribution in [0.2, 0.25) is 0 Å². The Labute approximate surface area is 169 Å². The van der Waals surface area contributed by atoms with Gasteiger partial charge in [-0.15, -0.1) is 0 Å². The first kappa shape index (κ1) is 19.1. The molecule has 0 radical (unpaired) electrons. The van der Waals surface area contributed by atoms with Crippen LogP contribution in [0, 0.1) is 0 Å². The highest BCUT2D eigenvalue weighted by molar-refractivity contribution is 6.12. The van der Waals surface area contributed by atoms with Gasteiger partial charge in [-0.3, -0.25) is 4.79 Å². The largest absolute Gasteiger partial charge is 0.514 e. The summed E-state index contributed by atoms with van der Waals surface area (Å²) in [6.45, 7) is 5.86. The normalized spacial score (nSPS) is 17.4. The summed E-state index contributed by atoms with van der Waals surface area (Å²) >= 11 is 0. The van der Waals surface area contributed by atoms with Gasteiger partial charge in [0.05, 0.1) is 24.4 Å². The zero-order valence-corrected chi connectivity index (χ0v) is 16.9. The van der Waals surface area contributed by atoms with E-state index in [1.54, 1.807) is 32.9 Å². The summed E-state index contributed by atoms with van der Waals surface area (Å²) < 4.78 is 16.0. The van der Waals surface area contributed by atoms with Gasteiger partial charge in [-0.1, -0.05) is 18.2 Å². The van der Waals surface area contributed by atoms with Gasteiger partial charge in [0.2, 0.25) is 0 Å². The predicted molar refractivity (Wildman–Crippen MR) is 109 cm³/mol. The topological polar surface area (TPSA) is 77.1 Å². The molecule has 1 N–H and O–H groups in total. The molecule has 2 heterocycles. The molecule has 7 nitrogen and oxygen atoms in total. The number of hydrogen-bond donors (Lipinski definition) is 1. The van der Waals surface area contributed by atoms with Crippen molar-refractivity contribution in [2.24, 2.45) is 0 Å². The molecule has 0 saturated carbocycles. The number of rotatable bonds is 2. The molecule has 7 heteroatoms. The number of fused-ring (bicyclic) bond motifs is 4. The molecule has 2 aliphatic rings. The van der Waals surface area contributed by atoms with Gasteiger partial charge in [0.25, 0.3) is 5.91 Å². The van der Waals surface area contributed by atoms with E-state index in [4.69, 9.17) is 14.2 Å². The summed E-state index contributed by atoms with van der Waals surface area (Å²) in [4.78, 5) is 27.3. The van der Waals surface area contributed by atoms with Crippen LogP contribution in [0.25, 0.3) is 0 Å². The van der Waals surface area contributed by atoms with Crippen LogP contribution < -0.4 is 19.7 Å². The lowest BCUT2D eigenvalue weighted by Gasteiger charge is -2.23. The van der Waals surface area contributed by atoms with Crippen LogP contribution in [-0.4, -0.2) is 37.4 Å². The molecule has 4 rings (SSSR count). The third-order valence-corrected chi connectivity index (χ3v) is 4.94. The van der Waals surface area contributed by atoms with Crippen molar-refractivity contribution in [2.45, 2.75) is 38.8 Å². The monoisotopic (exact) mass is 396 g/mol. The maximum Gasteiger partial charge on any atom is 0.514 e. The maximum atomic E-state index is 13.4. The Hall–Kier alpha value is -3.22.